The SMILES string of the molecule is Cc1cc(CNC(=O)c2cc(C(=O)N[C@H]3CCc4cc(C(=O)O)ccc43)n3c(=O)onc3n2)ccc1F. The highest BCUT2D eigenvalue weighted by molar-refractivity contribution is 5.98. The number of rotatable bonds is 6. The maximum atomic E-state index is 13.5. The number of amides is 2. The summed E-state index contributed by atoms with van der Waals surface area (Å²) in [6, 6.07) is 9.86. The molecule has 0 fully saturated rings. The van der Waals surface area contributed by atoms with Crippen LogP contribution in [0.5, 0.6) is 0 Å². The monoisotopic (exact) mass is 505 g/mol. The molecule has 4 aromatic rings. The van der Waals surface area contributed by atoms with Gasteiger partial charge in [0.15, 0.2) is 0 Å². The second-order valence-electron chi connectivity index (χ2n) is 8.66. The number of aromatic carboxylic acids is 1. The van der Waals surface area contributed by atoms with Crippen molar-refractivity contribution < 1.29 is 28.4 Å². The number of carbonyl (C=O) groups excluding carboxylic acids is 2. The van der Waals surface area contributed by atoms with Crippen molar-refractivity contribution in [3.05, 3.63) is 98.0 Å². The number of nitrogens with one attached hydrogen (secondary N) is 2. The van der Waals surface area contributed by atoms with Gasteiger partial charge < -0.3 is 15.7 Å². The number of fused-ring (bicyclic) bond motifs is 2. The molecule has 0 unspecified atom stereocenters. The van der Waals surface area contributed by atoms with Gasteiger partial charge in [-0.1, -0.05) is 18.2 Å². The first-order chi connectivity index (χ1) is 17.7. The molecule has 11 nitrogen and oxygen atoms in total. The third kappa shape index (κ3) is 4.56. The van der Waals surface area contributed by atoms with Gasteiger partial charge in [0.2, 0.25) is 0 Å². The van der Waals surface area contributed by atoms with Gasteiger partial charge >= 0.3 is 11.7 Å². The number of carboxylic acid groups (broad SMARTS) is 1. The minimum Gasteiger partial charge on any atom is -0.478 e. The van der Waals surface area contributed by atoms with Gasteiger partial charge in [-0.25, -0.2) is 23.4 Å². The van der Waals surface area contributed by atoms with E-state index in [0.29, 0.717) is 24.0 Å². The Kier molecular flexibility index (Phi) is 5.99. The summed E-state index contributed by atoms with van der Waals surface area (Å²) < 4.78 is 19.0. The lowest BCUT2D eigenvalue weighted by Gasteiger charge is -2.15. The maximum absolute atomic E-state index is 13.5. The molecule has 0 saturated heterocycles. The number of hydrogen-bond donors (Lipinski definition) is 3. The lowest BCUT2D eigenvalue weighted by Crippen LogP contribution is -2.32. The van der Waals surface area contributed by atoms with E-state index in [4.69, 9.17) is 0 Å². The Bertz CT molecular complexity index is 1640. The fourth-order valence-corrected chi connectivity index (χ4v) is 4.36. The van der Waals surface area contributed by atoms with E-state index in [1.807, 2.05) is 0 Å². The first-order valence-corrected chi connectivity index (χ1v) is 11.3. The van der Waals surface area contributed by atoms with Crippen molar-refractivity contribution in [3.63, 3.8) is 0 Å². The Balaban J connectivity index is 1.40. The van der Waals surface area contributed by atoms with Crippen molar-refractivity contribution in [2.45, 2.75) is 32.4 Å². The minimum atomic E-state index is -1.04. The lowest BCUT2D eigenvalue weighted by molar-refractivity contribution is 0.0696. The molecule has 2 aromatic heterocycles. The largest absolute Gasteiger partial charge is 0.478 e. The first-order valence-electron chi connectivity index (χ1n) is 11.3. The fourth-order valence-electron chi connectivity index (χ4n) is 4.36. The number of carbonyl (C=O) groups is 3. The zero-order valence-electron chi connectivity index (χ0n) is 19.4. The topological polar surface area (TPSA) is 156 Å². The predicted molar refractivity (Wildman–Crippen MR) is 126 cm³/mol. The Morgan fingerprint density at radius 1 is 1.16 bits per heavy atom. The van der Waals surface area contributed by atoms with Crippen LogP contribution in [-0.2, 0) is 13.0 Å². The summed E-state index contributed by atoms with van der Waals surface area (Å²) in [5.74, 6) is -3.91. The van der Waals surface area contributed by atoms with Gasteiger partial charge in [-0.2, -0.15) is 0 Å². The molecule has 12 heteroatoms. The first kappa shape index (κ1) is 23.9. The van der Waals surface area contributed by atoms with Crippen molar-refractivity contribution in [1.29, 1.82) is 0 Å². The van der Waals surface area contributed by atoms with Crippen molar-refractivity contribution in [2.24, 2.45) is 0 Å². The van der Waals surface area contributed by atoms with Gasteiger partial charge in [-0.05, 0) is 71.4 Å². The summed E-state index contributed by atoms with van der Waals surface area (Å²) in [5.41, 5.74) is 2.46. The third-order valence-corrected chi connectivity index (χ3v) is 6.24. The second kappa shape index (κ2) is 9.30. The van der Waals surface area contributed by atoms with E-state index in [2.05, 4.69) is 25.3 Å². The summed E-state index contributed by atoms with van der Waals surface area (Å²) in [6.07, 6.45) is 1.10. The highest BCUT2D eigenvalue weighted by atomic mass is 19.1. The highest BCUT2D eigenvalue weighted by Gasteiger charge is 2.27. The van der Waals surface area contributed by atoms with E-state index in [1.54, 1.807) is 25.1 Å². The van der Waals surface area contributed by atoms with E-state index in [9.17, 15) is 28.7 Å². The maximum Gasteiger partial charge on any atom is 0.448 e. The molecule has 37 heavy (non-hydrogen) atoms. The molecule has 1 atom stereocenters. The van der Waals surface area contributed by atoms with Gasteiger partial charge in [-0.3, -0.25) is 14.1 Å². The zero-order chi connectivity index (χ0) is 26.3. The predicted octanol–water partition coefficient (Wildman–Crippen LogP) is 2.18. The Morgan fingerprint density at radius 2 is 1.97 bits per heavy atom. The fraction of sp³-hybridized carbons (Fsp3) is 0.200. The Morgan fingerprint density at radius 3 is 2.73 bits per heavy atom. The zero-order valence-corrected chi connectivity index (χ0v) is 19.4. The number of aromatic nitrogens is 3. The average molecular weight is 505 g/mol. The standard InChI is InChI=1S/C25H20FN5O6/c1-12-8-13(2-6-17(12)26)11-27-21(32)19-10-20(31-24(29-19)30-37-25(31)36)22(33)28-18-7-4-14-9-15(23(34)35)3-5-16(14)18/h2-3,5-6,8-10,18H,4,7,11H2,1H3,(H,27,32)(H,28,33)(H,34,35)/t18-/m0/s1. The van der Waals surface area contributed by atoms with Crippen LogP contribution >= 0.6 is 0 Å². The van der Waals surface area contributed by atoms with Gasteiger partial charge in [0.25, 0.3) is 17.6 Å². The van der Waals surface area contributed by atoms with Crippen LogP contribution in [0.25, 0.3) is 5.78 Å². The van der Waals surface area contributed by atoms with E-state index < -0.39 is 29.6 Å². The van der Waals surface area contributed by atoms with Crippen LogP contribution in [0, 0.1) is 12.7 Å². The number of aryl methyl sites for hydroxylation is 2. The van der Waals surface area contributed by atoms with Crippen LogP contribution in [0.1, 0.15) is 66.1 Å². The lowest BCUT2D eigenvalue weighted by atomic mass is 10.0. The molecule has 2 aromatic carbocycles. The molecule has 0 spiro atoms. The van der Waals surface area contributed by atoms with E-state index in [0.717, 1.165) is 21.6 Å². The summed E-state index contributed by atoms with van der Waals surface area (Å²) in [4.78, 5) is 53.6. The number of halogens is 1. The molecular weight excluding hydrogens is 485 g/mol. The van der Waals surface area contributed by atoms with Gasteiger partial charge in [-0.15, -0.1) is 0 Å². The van der Waals surface area contributed by atoms with Crippen LogP contribution in [-0.4, -0.2) is 37.4 Å². The number of carboxylic acids is 1. The smallest absolute Gasteiger partial charge is 0.448 e. The van der Waals surface area contributed by atoms with E-state index in [1.165, 1.54) is 18.2 Å². The molecule has 1 aliphatic rings. The van der Waals surface area contributed by atoms with Crippen molar-refractivity contribution in [1.82, 2.24) is 25.2 Å². The molecule has 3 N–H and O–H groups in total. The summed E-state index contributed by atoms with van der Waals surface area (Å²) in [7, 11) is 0. The van der Waals surface area contributed by atoms with Gasteiger partial charge in [0, 0.05) is 6.54 Å². The molecule has 188 valence electrons. The van der Waals surface area contributed by atoms with Crippen LogP contribution in [0.2, 0.25) is 0 Å². The second-order valence-corrected chi connectivity index (χ2v) is 8.66. The quantitative estimate of drug-likeness (QED) is 0.360. The van der Waals surface area contributed by atoms with Gasteiger partial charge in [0.05, 0.1) is 11.6 Å². The number of hydrogen-bond acceptors (Lipinski definition) is 7. The molecule has 0 saturated carbocycles. The van der Waals surface area contributed by atoms with Crippen LogP contribution in [0.15, 0.2) is 51.8 Å². The molecule has 5 rings (SSSR count). The Labute approximate surface area is 207 Å². The molecule has 0 bridgehead atoms. The van der Waals surface area contributed by atoms with Crippen molar-refractivity contribution in [3.8, 4) is 0 Å². The average Bonchev–Trinajstić information content (AvgIpc) is 3.46. The van der Waals surface area contributed by atoms with Crippen LogP contribution < -0.4 is 16.4 Å². The van der Waals surface area contributed by atoms with Crippen LogP contribution in [0.4, 0.5) is 4.39 Å². The van der Waals surface area contributed by atoms with Crippen LogP contribution in [0.3, 0.4) is 0 Å². The molecular formula is C25H20FN5O6. The summed E-state index contributed by atoms with van der Waals surface area (Å²) >= 11 is 0. The van der Waals surface area contributed by atoms with Crippen molar-refractivity contribution in [2.75, 3.05) is 0 Å². The molecule has 0 radical (unpaired) electrons. The minimum absolute atomic E-state index is 0.0805. The Hall–Kier alpha value is -4.87. The number of nitrogens with zero attached hydrogens (tertiary/aromatic N) is 3. The molecule has 2 amide bonds. The molecule has 1 aliphatic carbocycles. The van der Waals surface area contributed by atoms with E-state index >= 15 is 0 Å². The normalized spacial score (nSPS) is 14.4. The summed E-state index contributed by atoms with van der Waals surface area (Å²) in [6.45, 7) is 1.69. The van der Waals surface area contributed by atoms with Crippen molar-refractivity contribution >= 4 is 23.6 Å². The van der Waals surface area contributed by atoms with E-state index in [-0.39, 0.29) is 35.1 Å². The summed E-state index contributed by atoms with van der Waals surface area (Å²) in [5, 5.41) is 18.2. The molecule has 0 aliphatic heterocycles. The third-order valence-electron chi connectivity index (χ3n) is 6.24. The molecule has 2 heterocycles. The van der Waals surface area contributed by atoms with Gasteiger partial charge in [0.1, 0.15) is 17.2 Å². The number of benzene rings is 2. The highest BCUT2D eigenvalue weighted by Crippen LogP contribution is 2.32.